The van der Waals surface area contributed by atoms with E-state index in [1.807, 2.05) is 12.1 Å². The van der Waals surface area contributed by atoms with Gasteiger partial charge < -0.3 is 5.11 Å². The normalized spacial score (nSPS) is 26.4. The number of rotatable bonds is 4. The monoisotopic (exact) mass is 393 g/mol. The van der Waals surface area contributed by atoms with E-state index >= 15 is 0 Å². The number of aliphatic hydroxyl groups excluding tert-OH is 1. The molecule has 1 aliphatic heterocycles. The summed E-state index contributed by atoms with van der Waals surface area (Å²) in [6.45, 7) is 2.03. The minimum absolute atomic E-state index is 0.225. The highest BCUT2D eigenvalue weighted by Gasteiger charge is 2.41. The Kier molecular flexibility index (Phi) is 5.19. The predicted octanol–water partition coefficient (Wildman–Crippen LogP) is 5.00. The van der Waals surface area contributed by atoms with Crippen molar-refractivity contribution in [1.29, 1.82) is 0 Å². The Morgan fingerprint density at radius 2 is 1.64 bits per heavy atom. The highest BCUT2D eigenvalue weighted by molar-refractivity contribution is 5.27. The Morgan fingerprint density at radius 1 is 1.00 bits per heavy atom. The molecule has 150 valence electrons. The van der Waals surface area contributed by atoms with Crippen LogP contribution in [0.1, 0.15) is 41.6 Å². The summed E-state index contributed by atoms with van der Waals surface area (Å²) in [6.07, 6.45) is -3.27. The van der Waals surface area contributed by atoms with Gasteiger partial charge in [-0.25, -0.2) is 4.39 Å². The third kappa shape index (κ3) is 4.08. The van der Waals surface area contributed by atoms with E-state index in [9.17, 15) is 22.7 Å². The van der Waals surface area contributed by atoms with Crippen LogP contribution in [-0.2, 0) is 6.18 Å². The average molecular weight is 393 g/mol. The largest absolute Gasteiger partial charge is 0.416 e. The lowest BCUT2D eigenvalue weighted by Crippen LogP contribution is -2.27. The maximum atomic E-state index is 13.1. The summed E-state index contributed by atoms with van der Waals surface area (Å²) >= 11 is 0. The second-order valence-corrected chi connectivity index (χ2v) is 8.10. The van der Waals surface area contributed by atoms with E-state index < -0.39 is 17.8 Å². The molecule has 1 aliphatic carbocycles. The van der Waals surface area contributed by atoms with Crippen LogP contribution in [0.2, 0.25) is 0 Å². The summed E-state index contributed by atoms with van der Waals surface area (Å²) in [7, 11) is 0. The predicted molar refractivity (Wildman–Crippen MR) is 98.2 cm³/mol. The molecule has 1 saturated carbocycles. The van der Waals surface area contributed by atoms with E-state index in [1.165, 1.54) is 23.8 Å². The van der Waals surface area contributed by atoms with Crippen LogP contribution in [0.25, 0.3) is 0 Å². The molecule has 6 heteroatoms. The average Bonchev–Trinajstić information content (AvgIpc) is 3.20. The van der Waals surface area contributed by atoms with Crippen molar-refractivity contribution in [2.75, 3.05) is 19.6 Å². The number of β-amino-alcohol motifs (C(OH)–C–C–N with tert-alkyl or cyclic N) is 1. The van der Waals surface area contributed by atoms with Crippen molar-refractivity contribution < 1.29 is 22.7 Å². The molecule has 28 heavy (non-hydrogen) atoms. The van der Waals surface area contributed by atoms with E-state index in [2.05, 4.69) is 4.90 Å². The number of hydrogen-bond donors (Lipinski definition) is 1. The molecule has 0 radical (unpaired) electrons. The number of aliphatic hydroxyl groups is 1. The Labute approximate surface area is 161 Å². The van der Waals surface area contributed by atoms with E-state index in [0.717, 1.165) is 38.1 Å². The molecule has 1 heterocycles. The van der Waals surface area contributed by atoms with Crippen molar-refractivity contribution in [1.82, 2.24) is 4.90 Å². The Bertz CT molecular complexity index is 806. The first-order chi connectivity index (χ1) is 13.3. The third-order valence-electron chi connectivity index (χ3n) is 6.20. The topological polar surface area (TPSA) is 23.5 Å². The molecule has 4 rings (SSSR count). The zero-order valence-electron chi connectivity index (χ0n) is 15.4. The van der Waals surface area contributed by atoms with E-state index in [1.54, 1.807) is 6.07 Å². The smallest absolute Gasteiger partial charge is 0.387 e. The zero-order chi connectivity index (χ0) is 19.9. The van der Waals surface area contributed by atoms with Gasteiger partial charge in [0.25, 0.3) is 0 Å². The third-order valence-corrected chi connectivity index (χ3v) is 6.20. The second kappa shape index (κ2) is 7.48. The van der Waals surface area contributed by atoms with Crippen LogP contribution in [0, 0.1) is 17.7 Å². The van der Waals surface area contributed by atoms with Gasteiger partial charge in [-0.15, -0.1) is 0 Å². The van der Waals surface area contributed by atoms with Gasteiger partial charge in [0.05, 0.1) is 11.7 Å². The Balaban J connectivity index is 1.35. The van der Waals surface area contributed by atoms with E-state index in [-0.39, 0.29) is 5.82 Å². The molecule has 2 aromatic rings. The van der Waals surface area contributed by atoms with Gasteiger partial charge in [-0.1, -0.05) is 24.3 Å². The van der Waals surface area contributed by atoms with Crippen LogP contribution in [0.5, 0.6) is 0 Å². The Morgan fingerprint density at radius 3 is 2.25 bits per heavy atom. The summed E-state index contributed by atoms with van der Waals surface area (Å²) in [5, 5.41) is 10.4. The molecule has 2 fully saturated rings. The maximum absolute atomic E-state index is 13.1. The fourth-order valence-corrected chi connectivity index (χ4v) is 4.83. The summed E-state index contributed by atoms with van der Waals surface area (Å²) in [5.74, 6) is 1.25. The van der Waals surface area contributed by atoms with Crippen LogP contribution in [-0.4, -0.2) is 29.6 Å². The number of alkyl halides is 3. The first kappa shape index (κ1) is 19.4. The molecule has 2 aliphatic rings. The Hall–Kier alpha value is -1.92. The van der Waals surface area contributed by atoms with Gasteiger partial charge in [0, 0.05) is 19.6 Å². The minimum Gasteiger partial charge on any atom is -0.387 e. The molecule has 2 nitrogen and oxygen atoms in total. The lowest BCUT2D eigenvalue weighted by Gasteiger charge is -2.23. The van der Waals surface area contributed by atoms with Crippen LogP contribution in [0.3, 0.4) is 0 Å². The van der Waals surface area contributed by atoms with Crippen molar-refractivity contribution in [3.63, 3.8) is 0 Å². The van der Waals surface area contributed by atoms with Gasteiger partial charge in [-0.05, 0) is 66.0 Å². The minimum atomic E-state index is -4.41. The van der Waals surface area contributed by atoms with E-state index in [4.69, 9.17) is 0 Å². The first-order valence-corrected chi connectivity index (χ1v) is 9.62. The zero-order valence-corrected chi connectivity index (χ0v) is 15.4. The van der Waals surface area contributed by atoms with Crippen molar-refractivity contribution >= 4 is 0 Å². The molecule has 2 aromatic carbocycles. The molecular formula is C22H23F4NO. The maximum Gasteiger partial charge on any atom is 0.416 e. The SMILES string of the molecule is OC(CN1CC2CC(c3ccc(F)cc3)CC2C1)c1cccc(C(F)(F)F)c1. The number of hydrogen-bond acceptors (Lipinski definition) is 2. The molecule has 3 atom stereocenters. The lowest BCUT2D eigenvalue weighted by molar-refractivity contribution is -0.137. The van der Waals surface area contributed by atoms with Gasteiger partial charge in [0.1, 0.15) is 5.82 Å². The van der Waals surface area contributed by atoms with Gasteiger partial charge >= 0.3 is 6.18 Å². The van der Waals surface area contributed by atoms with Crippen LogP contribution in [0.4, 0.5) is 17.6 Å². The molecule has 3 unspecified atom stereocenters. The summed E-state index contributed by atoms with van der Waals surface area (Å²) in [4.78, 5) is 2.15. The summed E-state index contributed by atoms with van der Waals surface area (Å²) in [6, 6.07) is 11.7. The number of fused-ring (bicyclic) bond motifs is 1. The molecular weight excluding hydrogens is 370 g/mol. The number of halogens is 4. The van der Waals surface area contributed by atoms with Crippen molar-refractivity contribution in [3.8, 4) is 0 Å². The van der Waals surface area contributed by atoms with Crippen LogP contribution in [0.15, 0.2) is 48.5 Å². The first-order valence-electron chi connectivity index (χ1n) is 9.62. The molecule has 1 saturated heterocycles. The highest BCUT2D eigenvalue weighted by Crippen LogP contribution is 2.46. The molecule has 0 bridgehead atoms. The van der Waals surface area contributed by atoms with Crippen LogP contribution < -0.4 is 0 Å². The van der Waals surface area contributed by atoms with Gasteiger partial charge in [0.2, 0.25) is 0 Å². The number of benzene rings is 2. The summed E-state index contributed by atoms with van der Waals surface area (Å²) < 4.78 is 51.7. The molecule has 0 amide bonds. The highest BCUT2D eigenvalue weighted by atomic mass is 19.4. The molecule has 0 spiro atoms. The number of nitrogens with zero attached hydrogens (tertiary/aromatic N) is 1. The van der Waals surface area contributed by atoms with Crippen molar-refractivity contribution in [3.05, 3.63) is 71.0 Å². The molecule has 0 aromatic heterocycles. The van der Waals surface area contributed by atoms with Gasteiger partial charge in [-0.3, -0.25) is 4.90 Å². The lowest BCUT2D eigenvalue weighted by atomic mass is 9.96. The van der Waals surface area contributed by atoms with Crippen molar-refractivity contribution in [2.24, 2.45) is 11.8 Å². The molecule has 1 N–H and O–H groups in total. The van der Waals surface area contributed by atoms with E-state index in [0.29, 0.717) is 29.9 Å². The standard InChI is InChI=1S/C22H23F4NO/c23-20-6-4-14(5-7-20)16-8-17-11-27(12-18(17)9-16)13-21(28)15-2-1-3-19(10-15)22(24,25)26/h1-7,10,16-18,21,28H,8-9,11-13H2. The second-order valence-electron chi connectivity index (χ2n) is 8.10. The van der Waals surface area contributed by atoms with Gasteiger partial charge in [0.15, 0.2) is 0 Å². The van der Waals surface area contributed by atoms with Gasteiger partial charge in [-0.2, -0.15) is 13.2 Å². The quantitative estimate of drug-likeness (QED) is 0.739. The van der Waals surface area contributed by atoms with Crippen LogP contribution >= 0.6 is 0 Å². The summed E-state index contributed by atoms with van der Waals surface area (Å²) in [5.41, 5.74) is 0.743. The van der Waals surface area contributed by atoms with Crippen molar-refractivity contribution in [2.45, 2.75) is 31.0 Å². The number of likely N-dealkylation sites (tertiary alicyclic amines) is 1. The fourth-order valence-electron chi connectivity index (χ4n) is 4.83. The fraction of sp³-hybridized carbons (Fsp3) is 0.455.